The molecule has 0 N–H and O–H groups in total. The Morgan fingerprint density at radius 2 is 1.14 bits per heavy atom. The van der Waals surface area contributed by atoms with Crippen LogP contribution in [0.4, 0.5) is 17.1 Å². The van der Waals surface area contributed by atoms with Crippen molar-refractivity contribution in [3.63, 3.8) is 0 Å². The van der Waals surface area contributed by atoms with Gasteiger partial charge in [-0.3, -0.25) is 0 Å². The summed E-state index contributed by atoms with van der Waals surface area (Å²) in [5.74, 6) is 0. The van der Waals surface area contributed by atoms with Crippen molar-refractivity contribution in [3.05, 3.63) is 143 Å². The fourth-order valence-corrected chi connectivity index (χ4v) is 11.9. The number of nitrogens with zero attached hydrogens (tertiary/aromatic N) is 3. The van der Waals surface area contributed by atoms with Gasteiger partial charge in [-0.1, -0.05) is 137 Å². The number of benzene rings is 6. The first-order valence-electron chi connectivity index (χ1n) is 23.3. The van der Waals surface area contributed by atoms with Gasteiger partial charge in [0.25, 0.3) is 6.71 Å². The van der Waals surface area contributed by atoms with Gasteiger partial charge in [-0.2, -0.15) is 0 Å². The van der Waals surface area contributed by atoms with Crippen molar-refractivity contribution in [1.82, 2.24) is 4.57 Å². The first kappa shape index (κ1) is 41.2. The quantitative estimate of drug-likeness (QED) is 0.127. The molecule has 0 aliphatic carbocycles. The molecule has 2 aromatic heterocycles. The van der Waals surface area contributed by atoms with Gasteiger partial charge in [-0.05, 0) is 139 Å². The number of anilines is 3. The van der Waals surface area contributed by atoms with Crippen molar-refractivity contribution in [2.45, 2.75) is 121 Å². The maximum absolute atomic E-state index is 2.66. The van der Waals surface area contributed by atoms with Crippen LogP contribution < -0.4 is 25.9 Å². The molecule has 320 valence electrons. The topological polar surface area (TPSA) is 12.1 Å². The second-order valence-electron chi connectivity index (χ2n) is 23.2. The van der Waals surface area contributed by atoms with Crippen molar-refractivity contribution in [3.8, 4) is 28.1 Å². The molecule has 0 saturated heterocycles. The summed E-state index contributed by atoms with van der Waals surface area (Å²) in [4.78, 5) is 5.32. The Balaban J connectivity index is 1.29. The molecule has 0 saturated carbocycles. The maximum atomic E-state index is 2.66. The summed E-state index contributed by atoms with van der Waals surface area (Å²) in [7, 11) is 2.20. The molecule has 0 fully saturated rings. The predicted octanol–water partition coefficient (Wildman–Crippen LogP) is 13.5. The number of fused-ring (bicyclic) bond motifs is 9. The number of rotatable bonds is 2. The number of pyridine rings is 1. The van der Waals surface area contributed by atoms with Crippen LogP contribution in [0.3, 0.4) is 0 Å². The van der Waals surface area contributed by atoms with Crippen LogP contribution in [0.25, 0.3) is 49.9 Å². The van der Waals surface area contributed by atoms with Gasteiger partial charge < -0.3 is 9.47 Å². The van der Waals surface area contributed by atoms with E-state index in [1.807, 2.05) is 11.8 Å². The lowest BCUT2D eigenvalue weighted by atomic mass is 9.33. The Morgan fingerprint density at radius 3 is 1.83 bits per heavy atom. The van der Waals surface area contributed by atoms with E-state index in [2.05, 4.69) is 226 Å². The van der Waals surface area contributed by atoms with Crippen molar-refractivity contribution >= 4 is 73.7 Å². The molecule has 0 atom stereocenters. The van der Waals surface area contributed by atoms with Gasteiger partial charge in [0.1, 0.15) is 7.05 Å². The third-order valence-electron chi connectivity index (χ3n) is 14.5. The van der Waals surface area contributed by atoms with E-state index in [0.29, 0.717) is 0 Å². The Labute approximate surface area is 385 Å². The standard InChI is InChI=1S/C59H61BN3S/c1-34-17-15-16-18-41(34)46-22-19-35(33-61(46)14)36-25-49-53-50(26-36)63-48-24-21-38(57(5,6)7)31-51(48)64-52-32-40(59(11,12)13)30-45(55(52)63)60(53)44-29-39(58(8,9)10)28-43-42-27-37(56(2,3)4)20-23-47(42)62(49)54(43)44/h15-33H,1-14H3/q+1. The molecule has 11 rings (SSSR count). The van der Waals surface area contributed by atoms with Crippen LogP contribution in [-0.2, 0) is 28.7 Å². The lowest BCUT2D eigenvalue weighted by Crippen LogP contribution is -2.61. The third-order valence-corrected chi connectivity index (χ3v) is 15.6. The van der Waals surface area contributed by atoms with E-state index in [0.717, 1.165) is 0 Å². The van der Waals surface area contributed by atoms with Crippen LogP contribution in [0.2, 0.25) is 0 Å². The van der Waals surface area contributed by atoms with E-state index in [-0.39, 0.29) is 28.4 Å². The first-order chi connectivity index (χ1) is 30.1. The van der Waals surface area contributed by atoms with Crippen molar-refractivity contribution in [2.24, 2.45) is 7.05 Å². The van der Waals surface area contributed by atoms with Gasteiger partial charge in [0.15, 0.2) is 6.20 Å². The second kappa shape index (κ2) is 13.5. The molecule has 5 heteroatoms. The fraction of sp³-hybridized carbons (Fsp3) is 0.305. The van der Waals surface area contributed by atoms with Crippen molar-refractivity contribution in [1.29, 1.82) is 0 Å². The highest BCUT2D eigenvalue weighted by Crippen LogP contribution is 2.55. The highest BCUT2D eigenvalue weighted by Gasteiger charge is 2.46. The summed E-state index contributed by atoms with van der Waals surface area (Å²) in [6.45, 7) is 30.5. The average Bonchev–Trinajstić information content (AvgIpc) is 3.55. The number of aromatic nitrogens is 2. The average molecular weight is 855 g/mol. The lowest BCUT2D eigenvalue weighted by Gasteiger charge is -2.45. The molecule has 0 spiro atoms. The Bertz CT molecular complexity index is 3320. The van der Waals surface area contributed by atoms with Crippen LogP contribution in [0.15, 0.2) is 125 Å². The summed E-state index contributed by atoms with van der Waals surface area (Å²) in [6.07, 6.45) is 2.34. The smallest absolute Gasteiger partial charge is 0.252 e. The van der Waals surface area contributed by atoms with Gasteiger partial charge in [0.2, 0.25) is 5.69 Å². The Kier molecular flexibility index (Phi) is 8.70. The minimum atomic E-state index is -0.0410. The van der Waals surface area contributed by atoms with E-state index in [4.69, 9.17) is 0 Å². The fourth-order valence-electron chi connectivity index (χ4n) is 10.7. The van der Waals surface area contributed by atoms with Crippen molar-refractivity contribution < 1.29 is 4.57 Å². The van der Waals surface area contributed by atoms with Crippen LogP contribution >= 0.6 is 11.8 Å². The predicted molar refractivity (Wildman–Crippen MR) is 276 cm³/mol. The molecule has 3 aliphatic heterocycles. The monoisotopic (exact) mass is 854 g/mol. The highest BCUT2D eigenvalue weighted by atomic mass is 32.2. The number of aryl methyl sites for hydroxylation is 2. The molecule has 64 heavy (non-hydrogen) atoms. The summed E-state index contributed by atoms with van der Waals surface area (Å²) >= 11 is 1.97. The Morgan fingerprint density at radius 1 is 0.531 bits per heavy atom. The van der Waals surface area contributed by atoms with Gasteiger partial charge in [-0.15, -0.1) is 0 Å². The molecular formula is C59H61BN3S+. The van der Waals surface area contributed by atoms with Gasteiger partial charge in [0.05, 0.1) is 16.9 Å². The molecular weight excluding hydrogens is 794 g/mol. The summed E-state index contributed by atoms with van der Waals surface area (Å²) < 4.78 is 4.97. The van der Waals surface area contributed by atoms with Gasteiger partial charge in [0, 0.05) is 54.6 Å². The third kappa shape index (κ3) is 6.13. The van der Waals surface area contributed by atoms with Crippen molar-refractivity contribution in [2.75, 3.05) is 4.90 Å². The normalized spacial score (nSPS) is 14.3. The highest BCUT2D eigenvalue weighted by molar-refractivity contribution is 7.99. The van der Waals surface area contributed by atoms with Gasteiger partial charge >= 0.3 is 0 Å². The summed E-state index contributed by atoms with van der Waals surface area (Å²) in [6, 6.07) is 43.2. The Hall–Kier alpha value is -5.52. The van der Waals surface area contributed by atoms with Crippen LogP contribution in [-0.4, -0.2) is 11.3 Å². The molecule has 3 aliphatic rings. The molecule has 0 bridgehead atoms. The summed E-state index contributed by atoms with van der Waals surface area (Å²) in [5.41, 5.74) is 23.6. The van der Waals surface area contributed by atoms with Gasteiger partial charge in [-0.25, -0.2) is 4.57 Å². The molecule has 0 amide bonds. The second-order valence-corrected chi connectivity index (χ2v) is 24.2. The van der Waals surface area contributed by atoms with E-state index < -0.39 is 0 Å². The zero-order chi connectivity index (χ0) is 45.2. The molecule has 0 unspecified atom stereocenters. The van der Waals surface area contributed by atoms with E-state index in [1.54, 1.807) is 0 Å². The van der Waals surface area contributed by atoms with E-state index in [9.17, 15) is 0 Å². The minimum Gasteiger partial charge on any atom is -0.310 e. The van der Waals surface area contributed by atoms with E-state index in [1.165, 1.54) is 121 Å². The lowest BCUT2D eigenvalue weighted by molar-refractivity contribution is -0.659. The molecule has 6 aromatic carbocycles. The van der Waals surface area contributed by atoms with Crippen LogP contribution in [0.5, 0.6) is 0 Å². The molecule has 5 heterocycles. The van der Waals surface area contributed by atoms with Crippen LogP contribution in [0, 0.1) is 6.92 Å². The number of hydrogen-bond acceptors (Lipinski definition) is 2. The molecule has 0 radical (unpaired) electrons. The number of hydrogen-bond donors (Lipinski definition) is 0. The minimum absolute atomic E-state index is 0.0172. The first-order valence-corrected chi connectivity index (χ1v) is 24.1. The summed E-state index contributed by atoms with van der Waals surface area (Å²) in [5, 5.41) is 2.69. The SMILES string of the molecule is Cc1ccccc1-c1ccc(-c2cc3c4c(c2)-n2c5ccc(C(C)(C)C)cc5c5cc(C(C)(C)C)cc(c52)B4c2cc(C(C)(C)C)cc4c2N3c2ccc(C(C)(C)C)cc2S4)c[n+]1C. The molecule has 8 aromatic rings. The zero-order valence-corrected chi connectivity index (χ0v) is 41.1. The van der Waals surface area contributed by atoms with E-state index >= 15 is 0 Å². The molecule has 3 nitrogen and oxygen atoms in total. The maximum Gasteiger partial charge on any atom is 0.252 e. The zero-order valence-electron chi connectivity index (χ0n) is 40.3. The van der Waals surface area contributed by atoms with Crippen LogP contribution in [0.1, 0.15) is 111 Å². The largest absolute Gasteiger partial charge is 0.310 e.